The minimum Gasteiger partial charge on any atom is -0.465 e. The molecule has 2 unspecified atom stereocenters. The largest absolute Gasteiger partial charge is 0.465 e. The van der Waals surface area contributed by atoms with E-state index in [1.165, 1.54) is 11.8 Å². The number of thioether (sulfide) groups is 1. The van der Waals surface area contributed by atoms with E-state index in [1.807, 2.05) is 30.3 Å². The van der Waals surface area contributed by atoms with Crippen molar-refractivity contribution in [3.63, 3.8) is 0 Å². The van der Waals surface area contributed by atoms with Gasteiger partial charge in [0.15, 0.2) is 0 Å². The summed E-state index contributed by atoms with van der Waals surface area (Å²) in [5.41, 5.74) is 1.08. The monoisotopic (exact) mass is 322 g/mol. The van der Waals surface area contributed by atoms with Crippen molar-refractivity contribution >= 4 is 23.7 Å². The van der Waals surface area contributed by atoms with Crippen LogP contribution in [-0.4, -0.2) is 35.1 Å². The molecule has 0 radical (unpaired) electrons. The van der Waals surface area contributed by atoms with E-state index >= 15 is 0 Å². The Morgan fingerprint density at radius 1 is 1.18 bits per heavy atom. The summed E-state index contributed by atoms with van der Waals surface area (Å²) in [5, 5.41) is -0.284. The minimum atomic E-state index is -0.686. The zero-order valence-electron chi connectivity index (χ0n) is 13.0. The van der Waals surface area contributed by atoms with Crippen molar-refractivity contribution in [2.45, 2.75) is 43.1 Å². The molecule has 1 aliphatic heterocycles. The number of benzene rings is 1. The van der Waals surface area contributed by atoms with Gasteiger partial charge < -0.3 is 9.47 Å². The highest BCUT2D eigenvalue weighted by Gasteiger charge is 2.49. The summed E-state index contributed by atoms with van der Waals surface area (Å²) >= 11 is 1.40. The molecule has 1 heterocycles. The Hall–Kier alpha value is -1.49. The third-order valence-corrected chi connectivity index (χ3v) is 5.39. The molecule has 1 aliphatic rings. The fourth-order valence-corrected chi connectivity index (χ4v) is 4.28. The van der Waals surface area contributed by atoms with E-state index in [0.29, 0.717) is 32.5 Å². The Balaban J connectivity index is 2.17. The summed E-state index contributed by atoms with van der Waals surface area (Å²) in [6.45, 7) is 4.30. The molecule has 1 fully saturated rings. The molecule has 5 heteroatoms. The normalized spacial score (nSPS) is 24.0. The van der Waals surface area contributed by atoms with Gasteiger partial charge in [-0.15, -0.1) is 11.8 Å². The summed E-state index contributed by atoms with van der Waals surface area (Å²) < 4.78 is 9.69. The van der Waals surface area contributed by atoms with Crippen molar-refractivity contribution in [1.29, 1.82) is 0 Å². The Labute approximate surface area is 135 Å². The Morgan fingerprint density at radius 3 is 2.50 bits per heavy atom. The molecule has 4 nitrogen and oxygen atoms in total. The minimum absolute atomic E-state index is 0.226. The zero-order valence-corrected chi connectivity index (χ0v) is 13.9. The van der Waals surface area contributed by atoms with Gasteiger partial charge in [0.05, 0.1) is 13.2 Å². The molecular formula is C17H22O4S. The predicted octanol–water partition coefficient (Wildman–Crippen LogP) is 2.99. The number of carbonyl (C=O) groups excluding carboxylic acids is 2. The first-order valence-electron chi connectivity index (χ1n) is 7.67. The molecule has 0 aromatic heterocycles. The Morgan fingerprint density at radius 2 is 1.86 bits per heavy atom. The number of hydrogen-bond acceptors (Lipinski definition) is 5. The van der Waals surface area contributed by atoms with Gasteiger partial charge in [0.25, 0.3) is 0 Å². The first kappa shape index (κ1) is 16.9. The van der Waals surface area contributed by atoms with Crippen molar-refractivity contribution in [2.24, 2.45) is 0 Å². The first-order chi connectivity index (χ1) is 10.6. The van der Waals surface area contributed by atoms with Crippen LogP contribution in [-0.2, 0) is 25.5 Å². The summed E-state index contributed by atoms with van der Waals surface area (Å²) in [7, 11) is 0. The zero-order chi connectivity index (χ0) is 16.0. The van der Waals surface area contributed by atoms with Crippen molar-refractivity contribution < 1.29 is 19.1 Å². The lowest BCUT2D eigenvalue weighted by Crippen LogP contribution is -2.37. The third kappa shape index (κ3) is 3.83. The molecule has 2 atom stereocenters. The molecule has 0 saturated carbocycles. The van der Waals surface area contributed by atoms with Crippen molar-refractivity contribution in [3.8, 4) is 0 Å². The predicted molar refractivity (Wildman–Crippen MR) is 86.8 cm³/mol. The molecule has 0 bridgehead atoms. The van der Waals surface area contributed by atoms with Crippen molar-refractivity contribution in [3.05, 3.63) is 35.9 Å². The van der Waals surface area contributed by atoms with Gasteiger partial charge in [-0.2, -0.15) is 0 Å². The van der Waals surface area contributed by atoms with Crippen LogP contribution in [0.25, 0.3) is 0 Å². The van der Waals surface area contributed by atoms with Crippen LogP contribution in [0, 0.1) is 0 Å². The van der Waals surface area contributed by atoms with Gasteiger partial charge in [-0.1, -0.05) is 30.3 Å². The molecule has 1 saturated heterocycles. The molecule has 22 heavy (non-hydrogen) atoms. The summed E-state index contributed by atoms with van der Waals surface area (Å²) in [6.07, 6.45) is 1.86. The van der Waals surface area contributed by atoms with E-state index in [9.17, 15) is 9.59 Å². The lowest BCUT2D eigenvalue weighted by molar-refractivity contribution is -0.146. The van der Waals surface area contributed by atoms with Gasteiger partial charge in [0.2, 0.25) is 0 Å². The molecule has 0 amide bonds. The van der Waals surface area contributed by atoms with Crippen LogP contribution in [0.3, 0.4) is 0 Å². The standard InChI is InChI=1S/C17H22O4S/c1-3-20-15(18)14-10-11-17(22-14,16(19)21-4-2)12-13-8-6-5-7-9-13/h5-9,14H,3-4,10-12H2,1-2H3. The van der Waals surface area contributed by atoms with Crippen LogP contribution in [0.15, 0.2) is 30.3 Å². The van der Waals surface area contributed by atoms with Crippen LogP contribution in [0.1, 0.15) is 32.3 Å². The number of ether oxygens (including phenoxy) is 2. The molecule has 0 N–H and O–H groups in total. The Kier molecular flexibility index (Phi) is 5.89. The number of esters is 2. The summed E-state index contributed by atoms with van der Waals surface area (Å²) in [6, 6.07) is 9.86. The molecule has 2 rings (SSSR count). The second-order valence-corrected chi connectivity index (χ2v) is 6.86. The van der Waals surface area contributed by atoms with Gasteiger partial charge in [0, 0.05) is 0 Å². The van der Waals surface area contributed by atoms with Crippen LogP contribution in [0.4, 0.5) is 0 Å². The van der Waals surface area contributed by atoms with Gasteiger partial charge in [-0.25, -0.2) is 0 Å². The highest BCUT2D eigenvalue weighted by atomic mass is 32.2. The Bertz CT molecular complexity index is 517. The highest BCUT2D eigenvalue weighted by Crippen LogP contribution is 2.46. The summed E-state index contributed by atoms with van der Waals surface area (Å²) in [5.74, 6) is -0.456. The van der Waals surface area contributed by atoms with Crippen molar-refractivity contribution in [1.82, 2.24) is 0 Å². The van der Waals surface area contributed by atoms with E-state index in [1.54, 1.807) is 13.8 Å². The first-order valence-corrected chi connectivity index (χ1v) is 8.55. The van der Waals surface area contributed by atoms with E-state index in [2.05, 4.69) is 0 Å². The lowest BCUT2D eigenvalue weighted by Gasteiger charge is -2.26. The van der Waals surface area contributed by atoms with Gasteiger partial charge >= 0.3 is 11.9 Å². The quantitative estimate of drug-likeness (QED) is 0.754. The van der Waals surface area contributed by atoms with Crippen LogP contribution in [0.2, 0.25) is 0 Å². The van der Waals surface area contributed by atoms with Crippen LogP contribution < -0.4 is 0 Å². The summed E-state index contributed by atoms with van der Waals surface area (Å²) in [4.78, 5) is 24.5. The second kappa shape index (κ2) is 7.68. The van der Waals surface area contributed by atoms with E-state index in [0.717, 1.165) is 5.56 Å². The second-order valence-electron chi connectivity index (χ2n) is 5.27. The molecule has 0 aliphatic carbocycles. The SMILES string of the molecule is CCOC(=O)C1CCC(Cc2ccccc2)(C(=O)OCC)S1. The number of hydrogen-bond donors (Lipinski definition) is 0. The average Bonchev–Trinajstić information content (AvgIpc) is 2.94. The lowest BCUT2D eigenvalue weighted by atomic mass is 9.93. The number of rotatable bonds is 6. The molecule has 0 spiro atoms. The fourth-order valence-electron chi connectivity index (χ4n) is 2.70. The van der Waals surface area contributed by atoms with E-state index in [4.69, 9.17) is 9.47 Å². The fraction of sp³-hybridized carbons (Fsp3) is 0.529. The molecular weight excluding hydrogens is 300 g/mol. The van der Waals surface area contributed by atoms with Gasteiger partial charge in [0.1, 0.15) is 10.00 Å². The maximum absolute atomic E-state index is 12.5. The smallest absolute Gasteiger partial charge is 0.322 e. The highest BCUT2D eigenvalue weighted by molar-refractivity contribution is 8.02. The topological polar surface area (TPSA) is 52.6 Å². The maximum atomic E-state index is 12.5. The van der Waals surface area contributed by atoms with E-state index < -0.39 is 4.75 Å². The van der Waals surface area contributed by atoms with E-state index in [-0.39, 0.29) is 17.2 Å². The van der Waals surface area contributed by atoms with Crippen LogP contribution in [0.5, 0.6) is 0 Å². The average molecular weight is 322 g/mol. The third-order valence-electron chi connectivity index (χ3n) is 3.71. The number of carbonyl (C=O) groups is 2. The van der Waals surface area contributed by atoms with Gasteiger partial charge in [-0.05, 0) is 38.7 Å². The molecule has 120 valence electrons. The maximum Gasteiger partial charge on any atom is 0.322 e. The van der Waals surface area contributed by atoms with Gasteiger partial charge in [-0.3, -0.25) is 9.59 Å². The van der Waals surface area contributed by atoms with Crippen molar-refractivity contribution in [2.75, 3.05) is 13.2 Å². The molecule has 1 aromatic carbocycles. The van der Waals surface area contributed by atoms with Crippen LogP contribution >= 0.6 is 11.8 Å². The molecule has 1 aromatic rings.